The van der Waals surface area contributed by atoms with E-state index >= 15 is 0 Å². The fourth-order valence-electron chi connectivity index (χ4n) is 5.19. The van der Waals surface area contributed by atoms with E-state index in [1.165, 1.54) is 77.0 Å². The molecule has 46 heavy (non-hydrogen) atoms. The third kappa shape index (κ3) is 42.6. The number of unbranched alkanes of at least 4 members (excludes halogenated alkanes) is 8. The Labute approximate surface area is 305 Å². The molecule has 6 heteroatoms. The SMILES string of the molecule is CCCCC(CC)C(=O)[O-].CCCCC(CC)C(=O)[O-].CCC[CH2][Sn+]([CH2]CCC)[CH2]CCC.CCC[CH2][Sn+]([CH2]CCC)[CH2]CCC. The Bertz CT molecular complexity index is 500. The van der Waals surface area contributed by atoms with Crippen molar-refractivity contribution < 1.29 is 19.8 Å². The van der Waals surface area contributed by atoms with Crippen LogP contribution in [0.2, 0.25) is 26.6 Å². The first-order chi connectivity index (χ1) is 22.1. The van der Waals surface area contributed by atoms with E-state index in [2.05, 4.69) is 55.4 Å². The van der Waals surface area contributed by atoms with Crippen LogP contribution < -0.4 is 10.2 Å². The number of carboxylic acids is 2. The summed E-state index contributed by atoms with van der Waals surface area (Å²) in [6, 6.07) is 0. The van der Waals surface area contributed by atoms with Crippen molar-refractivity contribution in [3.05, 3.63) is 0 Å². The van der Waals surface area contributed by atoms with Gasteiger partial charge >= 0.3 is 185 Å². The van der Waals surface area contributed by atoms with Gasteiger partial charge in [0, 0.05) is 11.9 Å². The first-order valence-electron chi connectivity index (χ1n) is 20.2. The standard InChI is InChI=1S/2C8H16O2.6C4H9.2Sn/c2*1-3-5-6-7(4-2)8(9)10;6*1-3-4-2;;/h2*7H,3-6H2,1-2H3,(H,9,10);6*1,3-4H2,2H3;;/q;;;;;;;;2*+1/p-2. The summed E-state index contributed by atoms with van der Waals surface area (Å²) < 4.78 is 10.1. The van der Waals surface area contributed by atoms with Gasteiger partial charge in [-0.25, -0.2) is 0 Å². The molecular weight excluding hydrogens is 782 g/mol. The fraction of sp³-hybridized carbons (Fsp3) is 0.950. The van der Waals surface area contributed by atoms with Gasteiger partial charge in [-0.1, -0.05) is 53.4 Å². The van der Waals surface area contributed by atoms with Crippen molar-refractivity contribution in [1.82, 2.24) is 0 Å². The van der Waals surface area contributed by atoms with Crippen LogP contribution in [-0.4, -0.2) is 51.5 Å². The average Bonchev–Trinajstić information content (AvgIpc) is 3.05. The summed E-state index contributed by atoms with van der Waals surface area (Å²) in [6.45, 7) is 21.9. The predicted molar refractivity (Wildman–Crippen MR) is 206 cm³/mol. The maximum atomic E-state index is 10.3. The van der Waals surface area contributed by atoms with Crippen molar-refractivity contribution in [2.75, 3.05) is 0 Å². The molecule has 2 atom stereocenters. The van der Waals surface area contributed by atoms with Gasteiger partial charge in [0.1, 0.15) is 0 Å². The van der Waals surface area contributed by atoms with Crippen LogP contribution in [0.25, 0.3) is 0 Å². The van der Waals surface area contributed by atoms with E-state index in [1.807, 2.05) is 13.8 Å². The third-order valence-electron chi connectivity index (χ3n) is 8.77. The first kappa shape index (κ1) is 53.3. The molecule has 0 aliphatic rings. The second kappa shape index (κ2) is 45.5. The van der Waals surface area contributed by atoms with Crippen LogP contribution in [0.1, 0.15) is 198 Å². The molecule has 0 aromatic rings. The second-order valence-electron chi connectivity index (χ2n) is 13.3. The first-order valence-corrected chi connectivity index (χ1v) is 32.3. The molecule has 4 nitrogen and oxygen atoms in total. The van der Waals surface area contributed by atoms with E-state index < -0.39 is 51.5 Å². The zero-order chi connectivity index (χ0) is 35.8. The zero-order valence-electron chi connectivity index (χ0n) is 33.2. The van der Waals surface area contributed by atoms with Crippen LogP contribution in [0.4, 0.5) is 0 Å². The van der Waals surface area contributed by atoms with E-state index in [0.29, 0.717) is 12.8 Å². The van der Waals surface area contributed by atoms with Gasteiger partial charge in [0.05, 0.1) is 0 Å². The van der Waals surface area contributed by atoms with Gasteiger partial charge in [0.2, 0.25) is 0 Å². The number of hydrogen-bond donors (Lipinski definition) is 0. The number of rotatable bonds is 28. The van der Waals surface area contributed by atoms with Crippen molar-refractivity contribution in [2.45, 2.75) is 224 Å². The molecular formula is C40H84O4Sn2. The van der Waals surface area contributed by atoms with Crippen LogP contribution in [0.3, 0.4) is 0 Å². The van der Waals surface area contributed by atoms with Gasteiger partial charge in [-0.15, -0.1) is 0 Å². The van der Waals surface area contributed by atoms with Crippen LogP contribution in [-0.2, 0) is 9.59 Å². The number of carboxylic acid groups (broad SMARTS) is 2. The van der Waals surface area contributed by atoms with E-state index in [9.17, 15) is 19.8 Å². The number of carbonyl (C=O) groups is 2. The molecule has 0 amide bonds. The third-order valence-corrected chi connectivity index (χ3v) is 26.9. The quantitative estimate of drug-likeness (QED) is 0.0734. The summed E-state index contributed by atoms with van der Waals surface area (Å²) in [5.41, 5.74) is 0. The van der Waals surface area contributed by atoms with E-state index in [0.717, 1.165) is 38.5 Å². The summed E-state index contributed by atoms with van der Waals surface area (Å²) in [5, 5.41) is 20.7. The summed E-state index contributed by atoms with van der Waals surface area (Å²) in [5.74, 6) is -2.23. The van der Waals surface area contributed by atoms with E-state index in [-0.39, 0.29) is 11.8 Å². The molecule has 0 saturated heterocycles. The fourth-order valence-corrected chi connectivity index (χ4v) is 24.1. The van der Waals surface area contributed by atoms with Crippen molar-refractivity contribution in [1.29, 1.82) is 0 Å². The summed E-state index contributed by atoms with van der Waals surface area (Å²) in [6.07, 6.45) is 24.7. The normalized spacial score (nSPS) is 11.5. The Kier molecular flexibility index (Phi) is 52.8. The Morgan fingerprint density at radius 3 is 0.717 bits per heavy atom. The Balaban J connectivity index is -0.000000258. The molecule has 0 aliphatic heterocycles. The van der Waals surface area contributed by atoms with Crippen molar-refractivity contribution in [2.24, 2.45) is 11.8 Å². The molecule has 276 valence electrons. The van der Waals surface area contributed by atoms with Crippen LogP contribution in [0, 0.1) is 11.8 Å². The average molecular weight is 867 g/mol. The number of hydrogen-bond acceptors (Lipinski definition) is 4. The van der Waals surface area contributed by atoms with Crippen LogP contribution in [0.5, 0.6) is 0 Å². The molecule has 0 rings (SSSR count). The molecule has 0 bridgehead atoms. The molecule has 2 unspecified atom stereocenters. The monoisotopic (exact) mass is 868 g/mol. The molecule has 0 aromatic heterocycles. The van der Waals surface area contributed by atoms with Gasteiger partial charge in [-0.2, -0.15) is 0 Å². The molecule has 0 saturated carbocycles. The molecule has 0 heterocycles. The molecule has 0 fully saturated rings. The van der Waals surface area contributed by atoms with E-state index in [4.69, 9.17) is 0 Å². The van der Waals surface area contributed by atoms with Gasteiger partial charge in [-0.3, -0.25) is 0 Å². The molecule has 0 spiro atoms. The molecule has 0 aliphatic carbocycles. The Morgan fingerprint density at radius 2 is 0.587 bits per heavy atom. The van der Waals surface area contributed by atoms with Gasteiger partial charge in [0.15, 0.2) is 0 Å². The molecule has 0 N–H and O–H groups in total. The van der Waals surface area contributed by atoms with Crippen molar-refractivity contribution >= 4 is 51.5 Å². The van der Waals surface area contributed by atoms with Crippen LogP contribution >= 0.6 is 0 Å². The van der Waals surface area contributed by atoms with Crippen molar-refractivity contribution in [3.8, 4) is 0 Å². The maximum absolute atomic E-state index is 10.3. The van der Waals surface area contributed by atoms with Gasteiger partial charge < -0.3 is 19.8 Å². The Hall–Kier alpha value is 0.537. The molecule has 0 radical (unpaired) electrons. The minimum absolute atomic E-state index is 0.222. The van der Waals surface area contributed by atoms with E-state index in [1.54, 1.807) is 26.6 Å². The Morgan fingerprint density at radius 1 is 0.391 bits per heavy atom. The van der Waals surface area contributed by atoms with Crippen molar-refractivity contribution in [3.63, 3.8) is 0 Å². The zero-order valence-corrected chi connectivity index (χ0v) is 38.9. The van der Waals surface area contributed by atoms with Gasteiger partial charge in [0.25, 0.3) is 0 Å². The topological polar surface area (TPSA) is 80.3 Å². The summed E-state index contributed by atoms with van der Waals surface area (Å²) in [4.78, 5) is 20.7. The summed E-state index contributed by atoms with van der Waals surface area (Å²) in [7, 11) is 0. The second-order valence-corrected chi connectivity index (χ2v) is 30.4. The predicted octanol–water partition coefficient (Wildman–Crippen LogP) is 11.7. The number of carbonyl (C=O) groups excluding carboxylic acids is 2. The minimum atomic E-state index is -0.893. The van der Waals surface area contributed by atoms with Gasteiger partial charge in [-0.05, 0) is 37.5 Å². The molecule has 0 aromatic carbocycles. The summed E-state index contributed by atoms with van der Waals surface area (Å²) >= 11 is -1.68. The van der Waals surface area contributed by atoms with Crippen LogP contribution in [0.15, 0.2) is 0 Å². The number of aliphatic carboxylic acids is 2.